The first-order chi connectivity index (χ1) is 16.9. The second-order valence-corrected chi connectivity index (χ2v) is 10.9. The Bertz CT molecular complexity index is 1240. The van der Waals surface area contributed by atoms with Crippen LogP contribution in [0.5, 0.6) is 11.5 Å². The third-order valence-electron chi connectivity index (χ3n) is 6.87. The minimum absolute atomic E-state index is 0.0240. The number of rotatable bonds is 3. The van der Waals surface area contributed by atoms with E-state index in [-0.39, 0.29) is 35.6 Å². The highest BCUT2D eigenvalue weighted by Gasteiger charge is 2.60. The quantitative estimate of drug-likeness (QED) is 0.549. The Morgan fingerprint density at radius 1 is 1.19 bits per heavy atom. The maximum atomic E-state index is 16.1. The molecule has 0 radical (unpaired) electrons. The van der Waals surface area contributed by atoms with E-state index in [4.69, 9.17) is 23.9 Å². The molecule has 1 spiro atoms. The molecule has 2 fully saturated rings. The molecule has 3 heterocycles. The fraction of sp³-hybridized carbons (Fsp3) is 0.577. The van der Waals surface area contributed by atoms with Gasteiger partial charge in [0.1, 0.15) is 23.0 Å². The first-order valence-electron chi connectivity index (χ1n) is 12.0. The number of pyridine rings is 1. The molecular weight excluding hydrogens is 474 g/mol. The van der Waals surface area contributed by atoms with Crippen LogP contribution in [0.1, 0.15) is 63.6 Å². The summed E-state index contributed by atoms with van der Waals surface area (Å²) in [4.78, 5) is 31.5. The Morgan fingerprint density at radius 3 is 2.53 bits per heavy atom. The lowest BCUT2D eigenvalue weighted by atomic mass is 9.84. The van der Waals surface area contributed by atoms with Crippen molar-refractivity contribution in [3.8, 4) is 11.5 Å². The number of esters is 1. The number of benzene rings is 1. The number of nitrogens with zero attached hydrogens (tertiary/aromatic N) is 2. The van der Waals surface area contributed by atoms with E-state index in [0.717, 1.165) is 17.7 Å². The van der Waals surface area contributed by atoms with Gasteiger partial charge >= 0.3 is 12.1 Å². The number of hydrogen-bond donors (Lipinski definition) is 0. The average Bonchev–Trinajstić information content (AvgIpc) is 3.57. The van der Waals surface area contributed by atoms with Crippen LogP contribution in [0.2, 0.25) is 0 Å². The van der Waals surface area contributed by atoms with Crippen molar-refractivity contribution in [1.82, 2.24) is 9.88 Å². The van der Waals surface area contributed by atoms with Gasteiger partial charge in [-0.2, -0.15) is 0 Å². The molecule has 1 unspecified atom stereocenters. The van der Waals surface area contributed by atoms with Crippen LogP contribution in [-0.4, -0.2) is 60.0 Å². The number of carbonyl (C=O) groups excluding carboxylic acids is 2. The van der Waals surface area contributed by atoms with E-state index in [1.54, 1.807) is 39.0 Å². The lowest BCUT2D eigenvalue weighted by Gasteiger charge is -2.40. The van der Waals surface area contributed by atoms with Crippen molar-refractivity contribution in [3.63, 3.8) is 0 Å². The lowest BCUT2D eigenvalue weighted by molar-refractivity contribution is -0.146. The maximum Gasteiger partial charge on any atom is 0.411 e. The van der Waals surface area contributed by atoms with Gasteiger partial charge in [0, 0.05) is 17.7 Å². The van der Waals surface area contributed by atoms with Crippen LogP contribution in [-0.2, 0) is 20.2 Å². The third-order valence-corrected chi connectivity index (χ3v) is 6.87. The third kappa shape index (κ3) is 4.20. The number of methoxy groups -OCH3 is 2. The fourth-order valence-electron chi connectivity index (χ4n) is 5.23. The summed E-state index contributed by atoms with van der Waals surface area (Å²) < 4.78 is 54.3. The highest BCUT2D eigenvalue weighted by Crippen LogP contribution is 2.57. The van der Waals surface area contributed by atoms with E-state index in [0.29, 0.717) is 17.0 Å². The zero-order chi connectivity index (χ0) is 26.0. The molecule has 2 atom stereocenters. The highest BCUT2D eigenvalue weighted by molar-refractivity contribution is 5.88. The minimum Gasteiger partial charge on any atom is -0.497 e. The van der Waals surface area contributed by atoms with E-state index >= 15 is 8.78 Å². The van der Waals surface area contributed by atoms with Crippen molar-refractivity contribution in [3.05, 3.63) is 29.5 Å². The molecule has 0 N–H and O–H groups in total. The summed E-state index contributed by atoms with van der Waals surface area (Å²) in [7, 11) is 2.67. The number of amides is 1. The van der Waals surface area contributed by atoms with Crippen molar-refractivity contribution < 1.29 is 37.3 Å². The number of aromatic nitrogens is 1. The van der Waals surface area contributed by atoms with Gasteiger partial charge in [0.2, 0.25) is 0 Å². The van der Waals surface area contributed by atoms with Gasteiger partial charge in [-0.25, -0.2) is 23.4 Å². The van der Waals surface area contributed by atoms with E-state index in [1.165, 1.54) is 14.2 Å². The Labute approximate surface area is 207 Å². The maximum absolute atomic E-state index is 16.1. The molecule has 10 heteroatoms. The molecular formula is C26H30F2N2O6. The minimum atomic E-state index is -3.31. The van der Waals surface area contributed by atoms with Gasteiger partial charge in [0.05, 0.1) is 44.0 Å². The molecule has 1 saturated heterocycles. The summed E-state index contributed by atoms with van der Waals surface area (Å²) in [6, 6.07) is 3.80. The topological polar surface area (TPSA) is 87.2 Å². The standard InChI is InChI=1S/C26H30F2N2O6/c1-24(2,3)36-23(32)30-13-25(11-18(30)22(31)34-5)12-26(27,28)19-16-10-15(33-4)8-9-17(16)29-20(14-6-7-14)21(19)35-25/h8-10,14,18H,6-7,11-13H2,1-5H3/t18-,25?/m0/s1. The lowest BCUT2D eigenvalue weighted by Crippen LogP contribution is -2.49. The smallest absolute Gasteiger partial charge is 0.411 e. The monoisotopic (exact) mass is 504 g/mol. The molecule has 1 aliphatic carbocycles. The van der Waals surface area contributed by atoms with Gasteiger partial charge in [0.25, 0.3) is 5.92 Å². The molecule has 2 aromatic rings. The Kier molecular flexibility index (Phi) is 5.57. The van der Waals surface area contributed by atoms with Crippen LogP contribution < -0.4 is 9.47 Å². The van der Waals surface area contributed by atoms with Gasteiger partial charge in [-0.1, -0.05) is 0 Å². The zero-order valence-corrected chi connectivity index (χ0v) is 21.0. The SMILES string of the molecule is COC(=O)[C@@H]1CC2(CN1C(=O)OC(C)(C)C)CC(F)(F)c1c(c(C3CC3)nc3ccc(OC)cc13)O2. The molecule has 194 valence electrons. The van der Waals surface area contributed by atoms with E-state index in [2.05, 4.69) is 0 Å². The van der Waals surface area contributed by atoms with Crippen molar-refractivity contribution in [1.29, 1.82) is 0 Å². The van der Waals surface area contributed by atoms with Crippen molar-refractivity contribution in [2.75, 3.05) is 20.8 Å². The van der Waals surface area contributed by atoms with Crippen LogP contribution >= 0.6 is 0 Å². The number of ether oxygens (including phenoxy) is 4. The Balaban J connectivity index is 1.62. The summed E-state index contributed by atoms with van der Waals surface area (Å²) in [6.45, 7) is 4.84. The number of carbonyl (C=O) groups is 2. The molecule has 5 rings (SSSR count). The van der Waals surface area contributed by atoms with Crippen LogP contribution in [0, 0.1) is 0 Å². The van der Waals surface area contributed by atoms with Gasteiger partial charge in [0.15, 0.2) is 5.75 Å². The molecule has 36 heavy (non-hydrogen) atoms. The molecule has 2 aliphatic heterocycles. The Morgan fingerprint density at radius 2 is 1.92 bits per heavy atom. The largest absolute Gasteiger partial charge is 0.497 e. The van der Waals surface area contributed by atoms with Crippen LogP contribution in [0.25, 0.3) is 10.9 Å². The van der Waals surface area contributed by atoms with E-state index < -0.39 is 41.6 Å². The fourth-order valence-corrected chi connectivity index (χ4v) is 5.23. The molecule has 1 aromatic carbocycles. The van der Waals surface area contributed by atoms with Crippen molar-refractivity contribution in [2.24, 2.45) is 0 Å². The summed E-state index contributed by atoms with van der Waals surface area (Å²) in [6.07, 6.45) is 0.0284. The van der Waals surface area contributed by atoms with Gasteiger partial charge in [-0.3, -0.25) is 4.90 Å². The summed E-state index contributed by atoms with van der Waals surface area (Å²) in [5.41, 5.74) is -1.62. The van der Waals surface area contributed by atoms with Gasteiger partial charge in [-0.05, 0) is 51.8 Å². The van der Waals surface area contributed by atoms with E-state index in [1.807, 2.05) is 0 Å². The predicted octanol–water partition coefficient (Wildman–Crippen LogP) is 4.92. The molecule has 8 nitrogen and oxygen atoms in total. The van der Waals surface area contributed by atoms with Gasteiger partial charge < -0.3 is 18.9 Å². The zero-order valence-electron chi connectivity index (χ0n) is 21.0. The summed E-state index contributed by atoms with van der Waals surface area (Å²) in [5.74, 6) is -3.51. The first-order valence-corrected chi connectivity index (χ1v) is 12.0. The predicted molar refractivity (Wildman–Crippen MR) is 126 cm³/mol. The highest BCUT2D eigenvalue weighted by atomic mass is 19.3. The van der Waals surface area contributed by atoms with Crippen LogP contribution in [0.4, 0.5) is 13.6 Å². The van der Waals surface area contributed by atoms with Crippen molar-refractivity contribution >= 4 is 23.0 Å². The molecule has 1 amide bonds. The summed E-state index contributed by atoms with van der Waals surface area (Å²) >= 11 is 0. The normalized spacial score (nSPS) is 24.9. The molecule has 1 saturated carbocycles. The molecule has 1 aromatic heterocycles. The number of likely N-dealkylation sites (tertiary alicyclic amines) is 1. The number of hydrogen-bond acceptors (Lipinski definition) is 7. The molecule has 0 bridgehead atoms. The van der Waals surface area contributed by atoms with Crippen LogP contribution in [0.3, 0.4) is 0 Å². The van der Waals surface area contributed by atoms with Crippen LogP contribution in [0.15, 0.2) is 18.2 Å². The summed E-state index contributed by atoms with van der Waals surface area (Å²) in [5, 5.41) is 0.264. The average molecular weight is 505 g/mol. The molecule has 3 aliphatic rings. The first kappa shape index (κ1) is 24.5. The van der Waals surface area contributed by atoms with Crippen molar-refractivity contribution in [2.45, 2.75) is 75.5 Å². The number of fused-ring (bicyclic) bond motifs is 3. The van der Waals surface area contributed by atoms with Gasteiger partial charge in [-0.15, -0.1) is 0 Å². The second kappa shape index (κ2) is 8.18. The van der Waals surface area contributed by atoms with E-state index in [9.17, 15) is 9.59 Å². The Hall–Kier alpha value is -3.17. The number of alkyl halides is 2. The number of halogens is 2. The second-order valence-electron chi connectivity index (χ2n) is 10.9.